The number of hydrogen-bond donors (Lipinski definition) is 2. The van der Waals surface area contributed by atoms with E-state index in [1.807, 2.05) is 11.9 Å². The van der Waals surface area contributed by atoms with E-state index in [9.17, 15) is 0 Å². The molecule has 0 aliphatic heterocycles. The van der Waals surface area contributed by atoms with E-state index in [0.29, 0.717) is 5.95 Å². The van der Waals surface area contributed by atoms with Crippen LogP contribution < -0.4 is 10.6 Å². The van der Waals surface area contributed by atoms with Crippen LogP contribution in [0.15, 0.2) is 0 Å². The Kier molecular flexibility index (Phi) is 3.44. The Morgan fingerprint density at radius 2 is 2.38 bits per heavy atom. The van der Waals surface area contributed by atoms with Crippen LogP contribution in [0.4, 0.5) is 11.1 Å². The largest absolute Gasteiger partial charge is 0.393 e. The standard InChI is InChI=1S/C7H14N4OS/c1-5(12)3-4-11(2)7-9-6(8)10-13-7/h5,12H,3-4H2,1-2H3,(H2,8,10). The van der Waals surface area contributed by atoms with E-state index in [1.54, 1.807) is 6.92 Å². The summed E-state index contributed by atoms with van der Waals surface area (Å²) in [4.78, 5) is 5.95. The molecule has 0 aliphatic carbocycles. The van der Waals surface area contributed by atoms with Crippen LogP contribution >= 0.6 is 11.5 Å². The minimum atomic E-state index is -0.285. The maximum absolute atomic E-state index is 9.07. The van der Waals surface area contributed by atoms with Crippen molar-refractivity contribution in [1.82, 2.24) is 9.36 Å². The van der Waals surface area contributed by atoms with Crippen LogP contribution in [0.2, 0.25) is 0 Å². The molecule has 1 rings (SSSR count). The molecule has 0 spiro atoms. The fourth-order valence-electron chi connectivity index (χ4n) is 0.858. The Morgan fingerprint density at radius 1 is 1.69 bits per heavy atom. The molecule has 0 bridgehead atoms. The molecule has 1 aromatic rings. The molecule has 0 saturated heterocycles. The van der Waals surface area contributed by atoms with Crippen LogP contribution in [-0.4, -0.2) is 34.2 Å². The second kappa shape index (κ2) is 4.38. The summed E-state index contributed by atoms with van der Waals surface area (Å²) in [6, 6.07) is 0. The van der Waals surface area contributed by atoms with Gasteiger partial charge in [-0.15, -0.1) is 0 Å². The SMILES string of the molecule is CC(O)CCN(C)c1nc(N)ns1. The highest BCUT2D eigenvalue weighted by Crippen LogP contribution is 2.16. The van der Waals surface area contributed by atoms with E-state index >= 15 is 0 Å². The van der Waals surface area contributed by atoms with Crippen molar-refractivity contribution in [3.63, 3.8) is 0 Å². The lowest BCUT2D eigenvalue weighted by molar-refractivity contribution is 0.187. The summed E-state index contributed by atoms with van der Waals surface area (Å²) < 4.78 is 3.87. The highest BCUT2D eigenvalue weighted by Gasteiger charge is 2.07. The Labute approximate surface area is 81.4 Å². The molecule has 0 aromatic carbocycles. The van der Waals surface area contributed by atoms with Gasteiger partial charge in [-0.3, -0.25) is 0 Å². The molecule has 6 heteroatoms. The Bertz CT molecular complexity index is 263. The predicted octanol–water partition coefficient (Wildman–Crippen LogP) is 0.327. The minimum Gasteiger partial charge on any atom is -0.393 e. The van der Waals surface area contributed by atoms with E-state index in [4.69, 9.17) is 10.8 Å². The van der Waals surface area contributed by atoms with Gasteiger partial charge in [-0.1, -0.05) is 0 Å². The molecular weight excluding hydrogens is 188 g/mol. The van der Waals surface area contributed by atoms with Crippen molar-refractivity contribution in [2.24, 2.45) is 0 Å². The zero-order valence-electron chi connectivity index (χ0n) is 7.77. The molecule has 1 aromatic heterocycles. The maximum Gasteiger partial charge on any atom is 0.233 e. The lowest BCUT2D eigenvalue weighted by atomic mass is 10.3. The van der Waals surface area contributed by atoms with Gasteiger partial charge in [-0.05, 0) is 13.3 Å². The molecule has 0 radical (unpaired) electrons. The zero-order valence-corrected chi connectivity index (χ0v) is 8.58. The number of aliphatic hydroxyl groups excluding tert-OH is 1. The highest BCUT2D eigenvalue weighted by molar-refractivity contribution is 7.09. The van der Waals surface area contributed by atoms with Crippen molar-refractivity contribution in [3.05, 3.63) is 0 Å². The summed E-state index contributed by atoms with van der Waals surface area (Å²) in [6.45, 7) is 2.52. The number of rotatable bonds is 4. The van der Waals surface area contributed by atoms with E-state index in [-0.39, 0.29) is 6.10 Å². The first-order valence-electron chi connectivity index (χ1n) is 4.08. The number of aliphatic hydroxyl groups is 1. The lowest BCUT2D eigenvalue weighted by Crippen LogP contribution is -2.21. The lowest BCUT2D eigenvalue weighted by Gasteiger charge is -2.15. The predicted molar refractivity (Wildman–Crippen MR) is 53.9 cm³/mol. The van der Waals surface area contributed by atoms with Crippen LogP contribution in [0.3, 0.4) is 0 Å². The number of anilines is 2. The summed E-state index contributed by atoms with van der Waals surface area (Å²) in [7, 11) is 1.91. The normalized spacial score (nSPS) is 12.8. The van der Waals surface area contributed by atoms with Gasteiger partial charge in [0, 0.05) is 25.1 Å². The van der Waals surface area contributed by atoms with Gasteiger partial charge in [0.2, 0.25) is 11.1 Å². The van der Waals surface area contributed by atoms with Crippen LogP contribution in [0.25, 0.3) is 0 Å². The average molecular weight is 202 g/mol. The van der Waals surface area contributed by atoms with E-state index < -0.39 is 0 Å². The topological polar surface area (TPSA) is 75.3 Å². The number of nitrogen functional groups attached to an aromatic ring is 1. The highest BCUT2D eigenvalue weighted by atomic mass is 32.1. The molecule has 1 unspecified atom stereocenters. The zero-order chi connectivity index (χ0) is 9.84. The average Bonchev–Trinajstić information content (AvgIpc) is 2.47. The number of aromatic nitrogens is 2. The Balaban J connectivity index is 2.44. The molecule has 1 atom stereocenters. The molecule has 5 nitrogen and oxygen atoms in total. The quantitative estimate of drug-likeness (QED) is 0.735. The van der Waals surface area contributed by atoms with Gasteiger partial charge in [0.15, 0.2) is 0 Å². The molecule has 0 fully saturated rings. The van der Waals surface area contributed by atoms with Crippen molar-refractivity contribution in [2.75, 3.05) is 24.2 Å². The summed E-state index contributed by atoms with van der Waals surface area (Å²) >= 11 is 1.27. The molecule has 3 N–H and O–H groups in total. The Morgan fingerprint density at radius 3 is 2.85 bits per heavy atom. The first kappa shape index (κ1) is 10.2. The van der Waals surface area contributed by atoms with Crippen molar-refractivity contribution in [1.29, 1.82) is 0 Å². The summed E-state index contributed by atoms with van der Waals surface area (Å²) in [5.74, 6) is 0.309. The third kappa shape index (κ3) is 3.16. The van der Waals surface area contributed by atoms with Gasteiger partial charge < -0.3 is 15.7 Å². The van der Waals surface area contributed by atoms with Crippen molar-refractivity contribution >= 4 is 22.6 Å². The number of nitrogens with zero attached hydrogens (tertiary/aromatic N) is 3. The van der Waals surface area contributed by atoms with Gasteiger partial charge in [0.1, 0.15) is 0 Å². The first-order chi connectivity index (χ1) is 6.09. The molecule has 13 heavy (non-hydrogen) atoms. The van der Waals surface area contributed by atoms with Crippen molar-refractivity contribution in [3.8, 4) is 0 Å². The van der Waals surface area contributed by atoms with E-state index in [0.717, 1.165) is 18.1 Å². The van der Waals surface area contributed by atoms with Gasteiger partial charge >= 0.3 is 0 Å². The molecular formula is C7H14N4OS. The van der Waals surface area contributed by atoms with Gasteiger partial charge in [0.05, 0.1) is 6.10 Å². The van der Waals surface area contributed by atoms with Crippen molar-refractivity contribution in [2.45, 2.75) is 19.4 Å². The van der Waals surface area contributed by atoms with E-state index in [2.05, 4.69) is 9.36 Å². The summed E-state index contributed by atoms with van der Waals surface area (Å²) in [6.07, 6.45) is 0.434. The maximum atomic E-state index is 9.07. The molecule has 74 valence electrons. The number of hydrogen-bond acceptors (Lipinski definition) is 6. The smallest absolute Gasteiger partial charge is 0.233 e. The molecule has 0 aliphatic rings. The van der Waals surface area contributed by atoms with E-state index in [1.165, 1.54) is 11.5 Å². The van der Waals surface area contributed by atoms with Gasteiger partial charge in [-0.2, -0.15) is 9.36 Å². The molecule has 1 heterocycles. The van der Waals surface area contributed by atoms with Gasteiger partial charge in [-0.25, -0.2) is 0 Å². The fourth-order valence-corrected chi connectivity index (χ4v) is 1.44. The van der Waals surface area contributed by atoms with Crippen LogP contribution in [0, 0.1) is 0 Å². The molecule has 0 amide bonds. The number of nitrogens with two attached hydrogens (primary N) is 1. The summed E-state index contributed by atoms with van der Waals surface area (Å²) in [5, 5.41) is 9.86. The van der Waals surface area contributed by atoms with Crippen LogP contribution in [0.1, 0.15) is 13.3 Å². The molecule has 0 saturated carbocycles. The van der Waals surface area contributed by atoms with Crippen LogP contribution in [-0.2, 0) is 0 Å². The monoisotopic (exact) mass is 202 g/mol. The Hall–Kier alpha value is -0.880. The van der Waals surface area contributed by atoms with Crippen LogP contribution in [0.5, 0.6) is 0 Å². The second-order valence-corrected chi connectivity index (χ2v) is 3.72. The first-order valence-corrected chi connectivity index (χ1v) is 4.85. The van der Waals surface area contributed by atoms with Gasteiger partial charge in [0.25, 0.3) is 0 Å². The third-order valence-corrected chi connectivity index (χ3v) is 2.48. The fraction of sp³-hybridized carbons (Fsp3) is 0.714. The summed E-state index contributed by atoms with van der Waals surface area (Å²) in [5.41, 5.74) is 5.38. The minimum absolute atomic E-state index is 0.285. The second-order valence-electron chi connectivity index (χ2n) is 2.99. The van der Waals surface area contributed by atoms with Crippen molar-refractivity contribution < 1.29 is 5.11 Å². The third-order valence-electron chi connectivity index (χ3n) is 1.64.